The number of benzene rings is 1. The van der Waals surface area contributed by atoms with E-state index >= 15 is 0 Å². The maximum absolute atomic E-state index is 12.9. The van der Waals surface area contributed by atoms with Gasteiger partial charge in [0.1, 0.15) is 17.7 Å². The summed E-state index contributed by atoms with van der Waals surface area (Å²) in [6, 6.07) is 3.64. The minimum absolute atomic E-state index is 0.0721. The molecule has 2 aliphatic heterocycles. The van der Waals surface area contributed by atoms with Crippen LogP contribution in [0.4, 0.5) is 5.69 Å². The number of aliphatic carboxylic acids is 1. The van der Waals surface area contributed by atoms with Gasteiger partial charge >= 0.3 is 11.9 Å². The Morgan fingerprint density at radius 1 is 1.27 bits per heavy atom. The Kier molecular flexibility index (Phi) is 7.51. The van der Waals surface area contributed by atoms with E-state index in [0.29, 0.717) is 28.3 Å². The van der Waals surface area contributed by atoms with Crippen LogP contribution in [-0.4, -0.2) is 70.0 Å². The van der Waals surface area contributed by atoms with E-state index in [-0.39, 0.29) is 24.4 Å². The molecule has 2 unspecified atom stereocenters. The standard InChI is InChI=1S/C29H39ClN2O8/c1-13-11-19-17(14(2)12-33)10-9-15(3)28(19,37)22(25(13)39-16(4)34)21-23(26(35)36)31-27-29(21,38)18-7-6-8-20(30)24(18)32(5)40-27/h6-8,11,14-15,17,19,21-23,25,27,31,33,37-38H,9-10,12H2,1-5H3,(H,35,36)/t14?,15-,17+,19-,21+,22?,23+,25+,27-,28-,29+/m1/s1. The molecule has 1 saturated heterocycles. The lowest BCUT2D eigenvalue weighted by molar-refractivity contribution is -0.228. The maximum Gasteiger partial charge on any atom is 0.321 e. The van der Waals surface area contributed by atoms with E-state index in [4.69, 9.17) is 21.2 Å². The molecule has 0 radical (unpaired) electrons. The van der Waals surface area contributed by atoms with Crippen molar-refractivity contribution in [1.82, 2.24) is 5.32 Å². The molecule has 40 heavy (non-hydrogen) atoms. The molecule has 2 fully saturated rings. The van der Waals surface area contributed by atoms with E-state index < -0.39 is 59.3 Å². The predicted molar refractivity (Wildman–Crippen MR) is 146 cm³/mol. The first-order valence-corrected chi connectivity index (χ1v) is 14.3. The molecule has 11 atom stereocenters. The van der Waals surface area contributed by atoms with Crippen LogP contribution < -0.4 is 10.4 Å². The number of anilines is 1. The number of esters is 1. The lowest BCUT2D eigenvalue weighted by Gasteiger charge is -2.60. The van der Waals surface area contributed by atoms with Crippen LogP contribution in [0.3, 0.4) is 0 Å². The minimum atomic E-state index is -1.97. The van der Waals surface area contributed by atoms with Gasteiger partial charge in [-0.05, 0) is 49.2 Å². The van der Waals surface area contributed by atoms with Gasteiger partial charge in [0.15, 0.2) is 6.23 Å². The zero-order valence-corrected chi connectivity index (χ0v) is 24.1. The van der Waals surface area contributed by atoms with E-state index in [9.17, 15) is 30.0 Å². The van der Waals surface area contributed by atoms with Gasteiger partial charge in [-0.2, -0.15) is 0 Å². The van der Waals surface area contributed by atoms with Crippen LogP contribution in [0.15, 0.2) is 29.8 Å². The third-order valence-corrected chi connectivity index (χ3v) is 10.3. The second kappa shape index (κ2) is 10.3. The van der Waals surface area contributed by atoms with E-state index in [1.165, 1.54) is 12.0 Å². The number of fused-ring (bicyclic) bond motifs is 4. The molecule has 4 aliphatic rings. The normalized spacial score (nSPS) is 41.3. The number of carboxylic acids is 1. The molecule has 5 N–H and O–H groups in total. The molecule has 0 spiro atoms. The summed E-state index contributed by atoms with van der Waals surface area (Å²) in [5, 5.41) is 50.9. The van der Waals surface area contributed by atoms with Crippen LogP contribution in [0.2, 0.25) is 5.02 Å². The van der Waals surface area contributed by atoms with E-state index in [1.54, 1.807) is 32.2 Å². The fourth-order valence-electron chi connectivity index (χ4n) is 8.16. The van der Waals surface area contributed by atoms with Gasteiger partial charge in [-0.1, -0.05) is 43.7 Å². The first-order chi connectivity index (χ1) is 18.8. The number of aliphatic hydroxyl groups is 3. The first-order valence-electron chi connectivity index (χ1n) is 13.9. The Bertz CT molecular complexity index is 1230. The molecule has 0 aromatic heterocycles. The lowest BCUT2D eigenvalue weighted by atomic mass is 9.49. The van der Waals surface area contributed by atoms with Gasteiger partial charge in [-0.3, -0.25) is 24.8 Å². The lowest BCUT2D eigenvalue weighted by Crippen LogP contribution is -2.67. The maximum atomic E-state index is 12.9. The van der Waals surface area contributed by atoms with Crippen molar-refractivity contribution in [3.8, 4) is 0 Å². The number of rotatable bonds is 5. The summed E-state index contributed by atoms with van der Waals surface area (Å²) in [5.41, 5.74) is -2.14. The van der Waals surface area contributed by atoms with Crippen molar-refractivity contribution < 1.29 is 39.6 Å². The van der Waals surface area contributed by atoms with Crippen molar-refractivity contribution in [1.29, 1.82) is 0 Å². The highest BCUT2D eigenvalue weighted by atomic mass is 35.5. The predicted octanol–water partition coefficient (Wildman–Crippen LogP) is 2.44. The van der Waals surface area contributed by atoms with Crippen LogP contribution in [0.25, 0.3) is 0 Å². The van der Waals surface area contributed by atoms with Crippen LogP contribution >= 0.6 is 11.6 Å². The largest absolute Gasteiger partial charge is 0.480 e. The highest BCUT2D eigenvalue weighted by Gasteiger charge is 2.71. The molecule has 2 aliphatic carbocycles. The van der Waals surface area contributed by atoms with Gasteiger partial charge in [0.05, 0.1) is 16.3 Å². The number of aliphatic hydroxyl groups excluding tert-OH is 1. The zero-order valence-electron chi connectivity index (χ0n) is 23.4. The van der Waals surface area contributed by atoms with Crippen LogP contribution in [0.1, 0.15) is 46.1 Å². The number of ether oxygens (including phenoxy) is 1. The molecule has 0 bridgehead atoms. The highest BCUT2D eigenvalue weighted by Crippen LogP contribution is 2.61. The fourth-order valence-corrected chi connectivity index (χ4v) is 8.45. The molecule has 10 nitrogen and oxygen atoms in total. The third kappa shape index (κ3) is 4.10. The Balaban J connectivity index is 1.79. The van der Waals surface area contributed by atoms with E-state index in [0.717, 1.165) is 6.42 Å². The van der Waals surface area contributed by atoms with Crippen molar-refractivity contribution in [2.45, 2.75) is 70.1 Å². The van der Waals surface area contributed by atoms with E-state index in [1.807, 2.05) is 19.9 Å². The van der Waals surface area contributed by atoms with Crippen molar-refractivity contribution in [3.05, 3.63) is 40.4 Å². The highest BCUT2D eigenvalue weighted by molar-refractivity contribution is 6.33. The van der Waals surface area contributed by atoms with Crippen molar-refractivity contribution in [2.75, 3.05) is 18.7 Å². The smallest absolute Gasteiger partial charge is 0.321 e. The van der Waals surface area contributed by atoms with E-state index in [2.05, 4.69) is 5.32 Å². The van der Waals surface area contributed by atoms with Gasteiger partial charge in [-0.15, -0.1) is 0 Å². The molecular formula is C29H39ClN2O8. The van der Waals surface area contributed by atoms with Crippen molar-refractivity contribution >= 4 is 29.2 Å². The molecule has 0 amide bonds. The first kappa shape index (κ1) is 29.3. The number of nitrogens with one attached hydrogen (secondary N) is 1. The summed E-state index contributed by atoms with van der Waals surface area (Å²) in [7, 11) is 1.62. The number of halogens is 1. The third-order valence-electron chi connectivity index (χ3n) is 10.0. The molecule has 1 aromatic carbocycles. The number of hydroxylamine groups is 1. The van der Waals surface area contributed by atoms with Crippen LogP contribution in [-0.2, 0) is 24.8 Å². The average Bonchev–Trinajstić information content (AvgIpc) is 3.18. The minimum Gasteiger partial charge on any atom is -0.480 e. The molecule has 5 rings (SSSR count). The van der Waals surface area contributed by atoms with Crippen molar-refractivity contribution in [2.24, 2.45) is 35.5 Å². The Labute approximate surface area is 238 Å². The molecule has 11 heteroatoms. The van der Waals surface area contributed by atoms with Gasteiger partial charge in [0.25, 0.3) is 0 Å². The summed E-state index contributed by atoms with van der Waals surface area (Å²) in [6.45, 7) is 6.84. The number of hydrogen-bond acceptors (Lipinski definition) is 9. The zero-order chi connectivity index (χ0) is 29.3. The monoisotopic (exact) mass is 578 g/mol. The number of nitrogens with zero attached hydrogens (tertiary/aromatic N) is 1. The summed E-state index contributed by atoms with van der Waals surface area (Å²) < 4.78 is 5.87. The summed E-state index contributed by atoms with van der Waals surface area (Å²) in [5.74, 6) is -5.13. The van der Waals surface area contributed by atoms with Gasteiger partial charge in [0.2, 0.25) is 0 Å². The fraction of sp³-hybridized carbons (Fsp3) is 0.655. The quantitative estimate of drug-likeness (QED) is 0.260. The summed E-state index contributed by atoms with van der Waals surface area (Å²) >= 11 is 6.55. The van der Waals surface area contributed by atoms with Gasteiger partial charge in [0, 0.05) is 43.9 Å². The van der Waals surface area contributed by atoms with Crippen LogP contribution in [0, 0.1) is 35.5 Å². The molecule has 1 saturated carbocycles. The Morgan fingerprint density at radius 3 is 2.60 bits per heavy atom. The van der Waals surface area contributed by atoms with Crippen LogP contribution in [0.5, 0.6) is 0 Å². The molecule has 1 aromatic rings. The Hall–Kier alpha value is -2.21. The molecule has 2 heterocycles. The van der Waals surface area contributed by atoms with Gasteiger partial charge in [-0.25, -0.2) is 0 Å². The summed E-state index contributed by atoms with van der Waals surface area (Å²) in [4.78, 5) is 31.3. The SMILES string of the molecule is CC(=O)O[C@H]1C(C)=C[C@@H]2[C@H](C(C)CO)CC[C@@H](C)[C@]2(O)C1[C@H]1[C@@H](C(=O)O)N[C@@H]2ON(C)c3c(Cl)cccc3[C@@]21O. The topological polar surface area (TPSA) is 149 Å². The molecular weight excluding hydrogens is 540 g/mol. The summed E-state index contributed by atoms with van der Waals surface area (Å²) in [6.07, 6.45) is 1.09. The molecule has 220 valence electrons. The Morgan fingerprint density at radius 2 is 1.98 bits per heavy atom. The van der Waals surface area contributed by atoms with Gasteiger partial charge < -0.3 is 25.2 Å². The number of carboxylic acid groups (broad SMARTS) is 1. The average molecular weight is 579 g/mol. The number of carbonyl (C=O) groups excluding carboxylic acids is 1. The number of carbonyl (C=O) groups is 2. The second-order valence-corrected chi connectivity index (χ2v) is 12.5. The number of para-hydroxylation sites is 1. The second-order valence-electron chi connectivity index (χ2n) is 12.1. The van der Waals surface area contributed by atoms with Crippen molar-refractivity contribution in [3.63, 3.8) is 0 Å². The number of hydrogen-bond donors (Lipinski definition) is 5.